The van der Waals surface area contributed by atoms with Crippen molar-refractivity contribution < 1.29 is 19.0 Å². The second-order valence-electron chi connectivity index (χ2n) is 7.86. The fourth-order valence-corrected chi connectivity index (χ4v) is 2.90. The summed E-state index contributed by atoms with van der Waals surface area (Å²) in [5.74, 6) is -0.541. The molecule has 120 valence electrons. The molecule has 1 aliphatic heterocycles. The standard InChI is InChI=1S/C15H32O4Si/c1-11(13-10-17-15(5,6)19-13)12(16)9-18-20(7,8)14(2,3)4/h11-13,16H,9-10H2,1-8H3/t11-,12-,13+/m0/s1. The fourth-order valence-electron chi connectivity index (χ4n) is 1.88. The van der Waals surface area contributed by atoms with E-state index < -0.39 is 20.2 Å². The normalized spacial score (nSPS) is 26.6. The lowest BCUT2D eigenvalue weighted by Gasteiger charge is -2.37. The third kappa shape index (κ3) is 4.53. The highest BCUT2D eigenvalue weighted by molar-refractivity contribution is 6.74. The van der Waals surface area contributed by atoms with E-state index in [-0.39, 0.29) is 17.1 Å². The van der Waals surface area contributed by atoms with Crippen molar-refractivity contribution in [2.75, 3.05) is 13.2 Å². The Morgan fingerprint density at radius 1 is 1.35 bits per heavy atom. The summed E-state index contributed by atoms with van der Waals surface area (Å²) in [6, 6.07) is 0. The van der Waals surface area contributed by atoms with Crippen LogP contribution in [0.1, 0.15) is 41.5 Å². The molecule has 1 rings (SSSR count). The highest BCUT2D eigenvalue weighted by atomic mass is 28.4. The zero-order valence-corrected chi connectivity index (χ0v) is 15.3. The maximum absolute atomic E-state index is 10.3. The Kier molecular flexibility index (Phi) is 5.47. The van der Waals surface area contributed by atoms with Crippen LogP contribution in [0.5, 0.6) is 0 Å². The van der Waals surface area contributed by atoms with Crippen LogP contribution in [-0.2, 0) is 13.9 Å². The van der Waals surface area contributed by atoms with Crippen molar-refractivity contribution in [1.82, 2.24) is 0 Å². The lowest BCUT2D eigenvalue weighted by Crippen LogP contribution is -2.44. The number of aliphatic hydroxyl groups is 1. The molecule has 1 fully saturated rings. The molecule has 0 amide bonds. The molecule has 20 heavy (non-hydrogen) atoms. The molecule has 3 atom stereocenters. The molecule has 1 saturated heterocycles. The average molecular weight is 305 g/mol. The maximum Gasteiger partial charge on any atom is 0.192 e. The van der Waals surface area contributed by atoms with E-state index in [0.29, 0.717) is 13.2 Å². The second kappa shape index (κ2) is 6.05. The first-order chi connectivity index (χ1) is 8.86. The number of hydrogen-bond donors (Lipinski definition) is 1. The molecule has 0 unspecified atom stereocenters. The summed E-state index contributed by atoms with van der Waals surface area (Å²) in [6.07, 6.45) is -0.588. The fraction of sp³-hybridized carbons (Fsp3) is 1.00. The van der Waals surface area contributed by atoms with Crippen LogP contribution < -0.4 is 0 Å². The molecule has 0 saturated carbocycles. The van der Waals surface area contributed by atoms with Crippen molar-refractivity contribution in [3.8, 4) is 0 Å². The van der Waals surface area contributed by atoms with Crippen LogP contribution in [0.4, 0.5) is 0 Å². The first kappa shape index (κ1) is 18.1. The van der Waals surface area contributed by atoms with E-state index in [0.717, 1.165) is 0 Å². The summed E-state index contributed by atoms with van der Waals surface area (Å²) < 4.78 is 17.4. The smallest absolute Gasteiger partial charge is 0.192 e. The first-order valence-electron chi connectivity index (χ1n) is 7.49. The van der Waals surface area contributed by atoms with Crippen molar-refractivity contribution in [3.05, 3.63) is 0 Å². The molecule has 0 spiro atoms. The van der Waals surface area contributed by atoms with E-state index in [4.69, 9.17) is 13.9 Å². The second-order valence-corrected chi connectivity index (χ2v) is 12.7. The van der Waals surface area contributed by atoms with E-state index in [9.17, 15) is 5.11 Å². The van der Waals surface area contributed by atoms with Crippen LogP contribution in [0.15, 0.2) is 0 Å². The molecule has 1 heterocycles. The molecular weight excluding hydrogens is 272 g/mol. The Morgan fingerprint density at radius 3 is 2.30 bits per heavy atom. The van der Waals surface area contributed by atoms with Gasteiger partial charge in [-0.25, -0.2) is 0 Å². The van der Waals surface area contributed by atoms with Crippen LogP contribution in [0.3, 0.4) is 0 Å². The summed E-state index contributed by atoms with van der Waals surface area (Å²) in [5, 5.41) is 10.5. The third-order valence-electron chi connectivity index (χ3n) is 4.64. The summed E-state index contributed by atoms with van der Waals surface area (Å²) in [4.78, 5) is 0. The number of rotatable bonds is 5. The molecule has 0 aromatic rings. The van der Waals surface area contributed by atoms with Gasteiger partial charge in [-0.15, -0.1) is 0 Å². The lowest BCUT2D eigenvalue weighted by molar-refractivity contribution is -0.149. The molecule has 0 radical (unpaired) electrons. The van der Waals surface area contributed by atoms with Gasteiger partial charge in [0, 0.05) is 5.92 Å². The Morgan fingerprint density at radius 2 is 1.90 bits per heavy atom. The zero-order valence-electron chi connectivity index (χ0n) is 14.3. The van der Waals surface area contributed by atoms with Gasteiger partial charge in [-0.3, -0.25) is 0 Å². The Hall–Kier alpha value is 0.0569. The summed E-state index contributed by atoms with van der Waals surface area (Å²) in [7, 11) is -1.81. The SMILES string of the molecule is C[C@@H]([C@@H](O)CO[Si](C)(C)C(C)(C)C)[C@H]1COC(C)(C)O1. The third-order valence-corrected chi connectivity index (χ3v) is 9.15. The number of aliphatic hydroxyl groups excluding tert-OH is 1. The van der Waals surface area contributed by atoms with Crippen molar-refractivity contribution in [1.29, 1.82) is 0 Å². The minimum Gasteiger partial charge on any atom is -0.414 e. The minimum absolute atomic E-state index is 0.00143. The zero-order chi connectivity index (χ0) is 15.8. The van der Waals surface area contributed by atoms with Gasteiger partial charge < -0.3 is 19.0 Å². The van der Waals surface area contributed by atoms with Crippen LogP contribution in [0.2, 0.25) is 18.1 Å². The van der Waals surface area contributed by atoms with E-state index >= 15 is 0 Å². The monoisotopic (exact) mass is 304 g/mol. The Bertz CT molecular complexity index is 322. The van der Waals surface area contributed by atoms with E-state index in [2.05, 4.69) is 33.9 Å². The lowest BCUT2D eigenvalue weighted by atomic mass is 9.99. The summed E-state index contributed by atoms with van der Waals surface area (Å²) >= 11 is 0. The topological polar surface area (TPSA) is 47.9 Å². The number of ether oxygens (including phenoxy) is 2. The predicted molar refractivity (Wildman–Crippen MR) is 83.2 cm³/mol. The Labute approximate surface area is 124 Å². The van der Waals surface area contributed by atoms with Gasteiger partial charge in [0.25, 0.3) is 0 Å². The van der Waals surface area contributed by atoms with E-state index in [1.54, 1.807) is 0 Å². The van der Waals surface area contributed by atoms with Gasteiger partial charge in [-0.05, 0) is 32.0 Å². The van der Waals surface area contributed by atoms with Gasteiger partial charge in [-0.1, -0.05) is 27.7 Å². The van der Waals surface area contributed by atoms with E-state index in [1.165, 1.54) is 0 Å². The van der Waals surface area contributed by atoms with Crippen LogP contribution >= 0.6 is 0 Å². The molecule has 1 aliphatic rings. The largest absolute Gasteiger partial charge is 0.414 e. The van der Waals surface area contributed by atoms with Crippen molar-refractivity contribution in [3.63, 3.8) is 0 Å². The van der Waals surface area contributed by atoms with Gasteiger partial charge in [0.1, 0.15) is 0 Å². The maximum atomic E-state index is 10.3. The molecule has 5 heteroatoms. The van der Waals surface area contributed by atoms with Gasteiger partial charge in [0.2, 0.25) is 0 Å². The average Bonchev–Trinajstić information content (AvgIpc) is 2.64. The highest BCUT2D eigenvalue weighted by Gasteiger charge is 2.40. The molecule has 0 bridgehead atoms. The molecule has 0 aliphatic carbocycles. The summed E-state index contributed by atoms with van der Waals surface area (Å²) in [5.41, 5.74) is 0. The van der Waals surface area contributed by atoms with Crippen LogP contribution in [-0.4, -0.2) is 44.6 Å². The van der Waals surface area contributed by atoms with Crippen LogP contribution in [0, 0.1) is 5.92 Å². The van der Waals surface area contributed by atoms with Crippen LogP contribution in [0.25, 0.3) is 0 Å². The van der Waals surface area contributed by atoms with Crippen molar-refractivity contribution >= 4 is 8.32 Å². The van der Waals surface area contributed by atoms with Crippen molar-refractivity contribution in [2.45, 2.75) is 77.7 Å². The first-order valence-corrected chi connectivity index (χ1v) is 10.4. The van der Waals surface area contributed by atoms with Gasteiger partial charge >= 0.3 is 0 Å². The molecule has 1 N–H and O–H groups in total. The quantitative estimate of drug-likeness (QED) is 0.793. The van der Waals surface area contributed by atoms with Gasteiger partial charge in [0.05, 0.1) is 25.4 Å². The summed E-state index contributed by atoms with van der Waals surface area (Å²) in [6.45, 7) is 17.7. The minimum atomic E-state index is -1.81. The predicted octanol–water partition coefficient (Wildman–Crippen LogP) is 3.16. The highest BCUT2D eigenvalue weighted by Crippen LogP contribution is 2.37. The van der Waals surface area contributed by atoms with E-state index in [1.807, 2.05) is 20.8 Å². The van der Waals surface area contributed by atoms with Gasteiger partial charge in [-0.2, -0.15) is 0 Å². The molecule has 0 aromatic heterocycles. The number of hydrogen-bond acceptors (Lipinski definition) is 4. The van der Waals surface area contributed by atoms with Gasteiger partial charge in [0.15, 0.2) is 14.1 Å². The molecular formula is C15H32O4Si. The molecule has 4 nitrogen and oxygen atoms in total. The molecule has 0 aromatic carbocycles. The van der Waals surface area contributed by atoms with Crippen molar-refractivity contribution in [2.24, 2.45) is 5.92 Å². The Balaban J connectivity index is 2.49.